The zero-order valence-electron chi connectivity index (χ0n) is 16.1. The first-order valence-corrected chi connectivity index (χ1v) is 9.19. The molecule has 1 aliphatic carbocycles. The van der Waals surface area contributed by atoms with Crippen LogP contribution in [0, 0.1) is 6.92 Å². The van der Waals surface area contributed by atoms with Crippen molar-refractivity contribution in [1.82, 2.24) is 15.3 Å². The summed E-state index contributed by atoms with van der Waals surface area (Å²) >= 11 is 0. The predicted molar refractivity (Wildman–Crippen MR) is 105 cm³/mol. The molecule has 140 valence electrons. The largest absolute Gasteiger partial charge is 0.442 e. The molecule has 0 bridgehead atoms. The van der Waals surface area contributed by atoms with E-state index in [2.05, 4.69) is 27.5 Å². The van der Waals surface area contributed by atoms with Crippen LogP contribution in [0.3, 0.4) is 0 Å². The van der Waals surface area contributed by atoms with E-state index in [9.17, 15) is 4.79 Å². The number of carbonyl (C=O) groups is 1. The van der Waals surface area contributed by atoms with E-state index < -0.39 is 5.54 Å². The van der Waals surface area contributed by atoms with Gasteiger partial charge >= 0.3 is 0 Å². The zero-order chi connectivity index (χ0) is 19.2. The molecule has 0 saturated heterocycles. The Balaban J connectivity index is 1.72. The van der Waals surface area contributed by atoms with Crippen LogP contribution in [0.4, 0.5) is 5.82 Å². The van der Waals surface area contributed by atoms with E-state index in [1.807, 2.05) is 44.2 Å². The molecular formula is C21H24N4O2. The third kappa shape index (κ3) is 3.27. The van der Waals surface area contributed by atoms with Crippen LogP contribution in [0.1, 0.15) is 55.3 Å². The summed E-state index contributed by atoms with van der Waals surface area (Å²) < 4.78 is 5.76. The maximum absolute atomic E-state index is 13.2. The number of fused-ring (bicyclic) bond motifs is 1. The van der Waals surface area contributed by atoms with Gasteiger partial charge in [0.1, 0.15) is 17.9 Å². The van der Waals surface area contributed by atoms with E-state index in [-0.39, 0.29) is 11.4 Å². The van der Waals surface area contributed by atoms with Crippen LogP contribution in [0.2, 0.25) is 0 Å². The van der Waals surface area contributed by atoms with Crippen molar-refractivity contribution in [2.45, 2.75) is 51.6 Å². The number of nitrogens with one attached hydrogen (secondary N) is 2. The van der Waals surface area contributed by atoms with Crippen LogP contribution in [-0.4, -0.2) is 21.4 Å². The third-order valence-electron chi connectivity index (χ3n) is 5.23. The average molecular weight is 364 g/mol. The summed E-state index contributed by atoms with van der Waals surface area (Å²) in [5, 5.41) is 7.22. The molecule has 0 aliphatic heterocycles. The lowest BCUT2D eigenvalue weighted by molar-refractivity contribution is 0.0912. The molecule has 1 fully saturated rings. The van der Waals surface area contributed by atoms with Gasteiger partial charge in [0.15, 0.2) is 0 Å². The molecule has 0 radical (unpaired) electrons. The highest BCUT2D eigenvalue weighted by atomic mass is 16.3. The lowest BCUT2D eigenvalue weighted by atomic mass is 9.94. The predicted octanol–water partition coefficient (Wildman–Crippen LogP) is 4.16. The molecule has 2 aromatic heterocycles. The summed E-state index contributed by atoms with van der Waals surface area (Å²) in [7, 11) is 0. The SMILES string of the molecule is Cc1oc2ncnc(NC3(C)CC3)c2c1C(=O)NC(C)(C)c1ccccc1. The van der Waals surface area contributed by atoms with Crippen LogP contribution in [0.15, 0.2) is 41.1 Å². The fourth-order valence-corrected chi connectivity index (χ4v) is 3.28. The summed E-state index contributed by atoms with van der Waals surface area (Å²) in [5.41, 5.74) is 1.45. The normalized spacial score (nSPS) is 15.6. The molecule has 6 nitrogen and oxygen atoms in total. The molecule has 2 N–H and O–H groups in total. The van der Waals surface area contributed by atoms with Crippen LogP contribution >= 0.6 is 0 Å². The van der Waals surface area contributed by atoms with Gasteiger partial charge in [0.2, 0.25) is 5.71 Å². The second kappa shape index (κ2) is 6.08. The molecule has 3 aromatic rings. The van der Waals surface area contributed by atoms with E-state index in [1.165, 1.54) is 6.33 Å². The van der Waals surface area contributed by atoms with Crippen molar-refractivity contribution >= 4 is 22.8 Å². The first-order valence-electron chi connectivity index (χ1n) is 9.19. The van der Waals surface area contributed by atoms with Crippen molar-refractivity contribution in [3.63, 3.8) is 0 Å². The Morgan fingerprint density at radius 3 is 2.56 bits per heavy atom. The van der Waals surface area contributed by atoms with Crippen molar-refractivity contribution in [3.05, 3.63) is 53.5 Å². The quantitative estimate of drug-likeness (QED) is 0.710. The van der Waals surface area contributed by atoms with E-state index in [4.69, 9.17) is 4.42 Å². The van der Waals surface area contributed by atoms with Crippen LogP contribution in [0.25, 0.3) is 11.1 Å². The van der Waals surface area contributed by atoms with E-state index in [0.717, 1.165) is 18.4 Å². The van der Waals surface area contributed by atoms with Crippen LogP contribution in [0.5, 0.6) is 0 Å². The van der Waals surface area contributed by atoms with Crippen molar-refractivity contribution in [1.29, 1.82) is 0 Å². The molecule has 1 aliphatic rings. The van der Waals surface area contributed by atoms with E-state index in [1.54, 1.807) is 6.92 Å². The minimum absolute atomic E-state index is 0.0313. The molecule has 0 unspecified atom stereocenters. The highest BCUT2D eigenvalue weighted by Gasteiger charge is 2.38. The Morgan fingerprint density at radius 2 is 1.89 bits per heavy atom. The number of amides is 1. The highest BCUT2D eigenvalue weighted by Crippen LogP contribution is 2.40. The van der Waals surface area contributed by atoms with Crippen molar-refractivity contribution < 1.29 is 9.21 Å². The molecule has 2 heterocycles. The highest BCUT2D eigenvalue weighted by molar-refractivity contribution is 6.10. The van der Waals surface area contributed by atoms with Crippen molar-refractivity contribution in [3.8, 4) is 0 Å². The van der Waals surface area contributed by atoms with Gasteiger partial charge in [0.05, 0.1) is 16.5 Å². The number of nitrogens with zero attached hydrogens (tertiary/aromatic N) is 2. The van der Waals surface area contributed by atoms with Gasteiger partial charge in [0, 0.05) is 5.54 Å². The maximum Gasteiger partial charge on any atom is 0.256 e. The minimum atomic E-state index is -0.528. The van der Waals surface area contributed by atoms with Gasteiger partial charge < -0.3 is 15.1 Å². The lowest BCUT2D eigenvalue weighted by Gasteiger charge is -2.27. The van der Waals surface area contributed by atoms with Gasteiger partial charge in [-0.3, -0.25) is 4.79 Å². The average Bonchev–Trinajstić information content (AvgIpc) is 3.23. The third-order valence-corrected chi connectivity index (χ3v) is 5.23. The van der Waals surface area contributed by atoms with Gasteiger partial charge in [-0.2, -0.15) is 0 Å². The monoisotopic (exact) mass is 364 g/mol. The second-order valence-electron chi connectivity index (χ2n) is 8.07. The van der Waals surface area contributed by atoms with Crippen LogP contribution in [-0.2, 0) is 5.54 Å². The zero-order valence-corrected chi connectivity index (χ0v) is 16.1. The molecule has 27 heavy (non-hydrogen) atoms. The Morgan fingerprint density at radius 1 is 1.19 bits per heavy atom. The number of aromatic nitrogens is 2. The lowest BCUT2D eigenvalue weighted by Crippen LogP contribution is -2.41. The van der Waals surface area contributed by atoms with Crippen molar-refractivity contribution in [2.24, 2.45) is 0 Å². The first kappa shape index (κ1) is 17.5. The molecule has 4 rings (SSSR count). The number of benzene rings is 1. The van der Waals surface area contributed by atoms with Gasteiger partial charge in [-0.15, -0.1) is 0 Å². The number of hydrogen-bond acceptors (Lipinski definition) is 5. The topological polar surface area (TPSA) is 80.1 Å². The van der Waals surface area contributed by atoms with Gasteiger partial charge in [0.25, 0.3) is 5.91 Å². The number of anilines is 1. The number of rotatable bonds is 5. The summed E-state index contributed by atoms with van der Waals surface area (Å²) in [6.07, 6.45) is 3.63. The smallest absolute Gasteiger partial charge is 0.256 e. The summed E-state index contributed by atoms with van der Waals surface area (Å²) in [4.78, 5) is 21.8. The number of carbonyl (C=O) groups excluding carboxylic acids is 1. The summed E-state index contributed by atoms with van der Waals surface area (Å²) in [6.45, 7) is 7.90. The second-order valence-corrected chi connectivity index (χ2v) is 8.07. The van der Waals surface area contributed by atoms with E-state index >= 15 is 0 Å². The molecule has 0 spiro atoms. The number of aryl methyl sites for hydroxylation is 1. The van der Waals surface area contributed by atoms with Gasteiger partial charge in [-0.05, 0) is 46.1 Å². The molecule has 6 heteroatoms. The Labute approximate surface area is 158 Å². The summed E-state index contributed by atoms with van der Waals surface area (Å²) in [6, 6.07) is 9.90. The maximum atomic E-state index is 13.2. The minimum Gasteiger partial charge on any atom is -0.442 e. The summed E-state index contributed by atoms with van der Waals surface area (Å²) in [5.74, 6) is 0.995. The Bertz CT molecular complexity index is 1000. The number of hydrogen-bond donors (Lipinski definition) is 2. The van der Waals surface area contributed by atoms with Gasteiger partial charge in [-0.1, -0.05) is 30.3 Å². The number of furan rings is 1. The Kier molecular flexibility index (Phi) is 3.94. The molecular weight excluding hydrogens is 340 g/mol. The standard InChI is InChI=1S/C21H24N4O2/c1-13-15(18(26)25-20(2,3)14-8-6-5-7-9-14)16-17(24-21(4)10-11-21)22-12-23-19(16)27-13/h5-9,12H,10-11H2,1-4H3,(H,25,26)(H,22,23,24). The fourth-order valence-electron chi connectivity index (χ4n) is 3.28. The Hall–Kier alpha value is -2.89. The van der Waals surface area contributed by atoms with Crippen LogP contribution < -0.4 is 10.6 Å². The van der Waals surface area contributed by atoms with Crippen molar-refractivity contribution in [2.75, 3.05) is 5.32 Å². The molecule has 0 atom stereocenters. The first-order chi connectivity index (χ1) is 12.8. The van der Waals surface area contributed by atoms with Gasteiger partial charge in [-0.25, -0.2) is 9.97 Å². The van der Waals surface area contributed by atoms with E-state index in [0.29, 0.717) is 28.2 Å². The molecule has 1 saturated carbocycles. The molecule has 1 aromatic carbocycles. The molecule has 1 amide bonds. The fraction of sp³-hybridized carbons (Fsp3) is 0.381.